The van der Waals surface area contributed by atoms with Crippen molar-refractivity contribution in [2.24, 2.45) is 7.05 Å². The fourth-order valence-electron chi connectivity index (χ4n) is 3.46. The Balaban J connectivity index is 1.55. The number of nitrogens with one attached hydrogen (secondary N) is 1. The van der Waals surface area contributed by atoms with Gasteiger partial charge in [-0.1, -0.05) is 6.08 Å². The Labute approximate surface area is 179 Å². The molecular weight excluding hydrogens is 418 g/mol. The summed E-state index contributed by atoms with van der Waals surface area (Å²) in [7, 11) is -1.60. The normalized spacial score (nSPS) is 15.7. The highest BCUT2D eigenvalue weighted by Crippen LogP contribution is 2.35. The molecule has 0 spiro atoms. The molecule has 1 aliphatic rings. The molecule has 0 unspecified atom stereocenters. The van der Waals surface area contributed by atoms with Crippen LogP contribution in [-0.2, 0) is 22.6 Å². The molecule has 31 heavy (non-hydrogen) atoms. The molecule has 1 aliphatic heterocycles. The lowest BCUT2D eigenvalue weighted by Gasteiger charge is -2.47. The monoisotopic (exact) mass is 439 g/mol. The van der Waals surface area contributed by atoms with Crippen LogP contribution >= 0.6 is 0 Å². The van der Waals surface area contributed by atoms with Crippen molar-refractivity contribution >= 4 is 21.7 Å². The first-order valence-corrected chi connectivity index (χ1v) is 11.1. The Morgan fingerprint density at radius 1 is 1.32 bits per heavy atom. The van der Waals surface area contributed by atoms with E-state index in [9.17, 15) is 13.7 Å². The molecule has 1 saturated heterocycles. The molecule has 3 aromatic heterocycles. The maximum Gasteiger partial charge on any atom is 0.227 e. The SMILES string of the molecule is C=CCS(=O)(=O)N1CC(CC#N)(n2cc(-c3ccnc(Nc4cnn(C)c4)n3)cn2)C1. The lowest BCUT2D eigenvalue weighted by Crippen LogP contribution is -2.64. The molecule has 0 bridgehead atoms. The number of sulfonamides is 1. The molecule has 160 valence electrons. The minimum Gasteiger partial charge on any atom is -0.321 e. The van der Waals surface area contributed by atoms with Crippen LogP contribution in [0.4, 0.5) is 11.6 Å². The Morgan fingerprint density at radius 2 is 2.13 bits per heavy atom. The van der Waals surface area contributed by atoms with Crippen LogP contribution in [0, 0.1) is 11.3 Å². The largest absolute Gasteiger partial charge is 0.321 e. The molecule has 4 rings (SSSR count). The van der Waals surface area contributed by atoms with Gasteiger partial charge in [0.2, 0.25) is 16.0 Å². The first-order valence-electron chi connectivity index (χ1n) is 9.45. The van der Waals surface area contributed by atoms with E-state index in [1.54, 1.807) is 40.2 Å². The summed E-state index contributed by atoms with van der Waals surface area (Å²) in [6, 6.07) is 3.91. The highest BCUT2D eigenvalue weighted by molar-refractivity contribution is 7.89. The average Bonchev–Trinajstić information content (AvgIpc) is 3.34. The van der Waals surface area contributed by atoms with Crippen molar-refractivity contribution in [3.05, 3.63) is 49.7 Å². The van der Waals surface area contributed by atoms with Crippen molar-refractivity contribution in [3.63, 3.8) is 0 Å². The van der Waals surface area contributed by atoms with Crippen molar-refractivity contribution in [3.8, 4) is 17.3 Å². The predicted octanol–water partition coefficient (Wildman–Crippen LogP) is 1.26. The van der Waals surface area contributed by atoms with Crippen LogP contribution in [0.2, 0.25) is 0 Å². The molecule has 0 saturated carbocycles. The number of aromatic nitrogens is 6. The van der Waals surface area contributed by atoms with Crippen LogP contribution in [0.3, 0.4) is 0 Å². The molecule has 0 amide bonds. The second-order valence-corrected chi connectivity index (χ2v) is 9.37. The van der Waals surface area contributed by atoms with Gasteiger partial charge in [0.1, 0.15) is 5.54 Å². The van der Waals surface area contributed by atoms with Gasteiger partial charge in [0.05, 0.1) is 42.0 Å². The third kappa shape index (κ3) is 4.05. The van der Waals surface area contributed by atoms with Crippen LogP contribution in [0.5, 0.6) is 0 Å². The number of hydrogen-bond acceptors (Lipinski definition) is 8. The van der Waals surface area contributed by atoms with E-state index in [4.69, 9.17) is 0 Å². The van der Waals surface area contributed by atoms with E-state index in [1.165, 1.54) is 10.4 Å². The van der Waals surface area contributed by atoms with Gasteiger partial charge in [-0.2, -0.15) is 19.8 Å². The third-order valence-corrected chi connectivity index (χ3v) is 6.75. The van der Waals surface area contributed by atoms with Crippen LogP contribution in [0.1, 0.15) is 6.42 Å². The van der Waals surface area contributed by atoms with Crippen LogP contribution in [0.15, 0.2) is 49.7 Å². The van der Waals surface area contributed by atoms with E-state index < -0.39 is 15.6 Å². The number of hydrogen-bond donors (Lipinski definition) is 1. The van der Waals surface area contributed by atoms with E-state index in [0.29, 0.717) is 11.6 Å². The molecule has 0 atom stereocenters. The van der Waals surface area contributed by atoms with E-state index >= 15 is 0 Å². The average molecular weight is 440 g/mol. The fourth-order valence-corrected chi connectivity index (χ4v) is 4.84. The zero-order valence-electron chi connectivity index (χ0n) is 16.9. The molecule has 3 aromatic rings. The van der Waals surface area contributed by atoms with E-state index in [-0.39, 0.29) is 25.3 Å². The van der Waals surface area contributed by atoms with Gasteiger partial charge < -0.3 is 5.32 Å². The summed E-state index contributed by atoms with van der Waals surface area (Å²) in [5, 5.41) is 20.9. The van der Waals surface area contributed by atoms with Gasteiger partial charge in [-0.05, 0) is 6.07 Å². The number of rotatable bonds is 8. The van der Waals surface area contributed by atoms with Gasteiger partial charge in [-0.25, -0.2) is 18.4 Å². The predicted molar refractivity (Wildman–Crippen MR) is 114 cm³/mol. The van der Waals surface area contributed by atoms with Gasteiger partial charge in [-0.3, -0.25) is 9.36 Å². The van der Waals surface area contributed by atoms with Gasteiger partial charge >= 0.3 is 0 Å². The Hall–Kier alpha value is -3.56. The summed E-state index contributed by atoms with van der Waals surface area (Å²) in [4.78, 5) is 8.74. The number of aryl methyl sites for hydroxylation is 1. The summed E-state index contributed by atoms with van der Waals surface area (Å²) in [5.41, 5.74) is 1.44. The summed E-state index contributed by atoms with van der Waals surface area (Å²) in [6.07, 6.45) is 10.0. The Kier molecular flexibility index (Phi) is 5.30. The van der Waals surface area contributed by atoms with Gasteiger partial charge in [0.25, 0.3) is 0 Å². The topological polar surface area (TPSA) is 135 Å². The van der Waals surface area contributed by atoms with Crippen molar-refractivity contribution in [2.45, 2.75) is 12.0 Å². The summed E-state index contributed by atoms with van der Waals surface area (Å²) in [6.45, 7) is 3.87. The zero-order valence-corrected chi connectivity index (χ0v) is 17.7. The van der Waals surface area contributed by atoms with Crippen molar-refractivity contribution < 1.29 is 8.42 Å². The fraction of sp³-hybridized carbons (Fsp3) is 0.316. The maximum absolute atomic E-state index is 12.3. The second-order valence-electron chi connectivity index (χ2n) is 7.36. The second kappa shape index (κ2) is 7.93. The number of nitriles is 1. The van der Waals surface area contributed by atoms with Crippen LogP contribution < -0.4 is 5.32 Å². The lowest BCUT2D eigenvalue weighted by atomic mass is 9.89. The molecule has 1 fully saturated rings. The van der Waals surface area contributed by atoms with Crippen molar-refractivity contribution in [1.82, 2.24) is 33.8 Å². The molecule has 11 nitrogen and oxygen atoms in total. The smallest absolute Gasteiger partial charge is 0.227 e. The number of nitrogens with zero attached hydrogens (tertiary/aromatic N) is 8. The van der Waals surface area contributed by atoms with Gasteiger partial charge in [-0.15, -0.1) is 6.58 Å². The van der Waals surface area contributed by atoms with Crippen molar-refractivity contribution in [1.29, 1.82) is 5.26 Å². The first-order chi connectivity index (χ1) is 14.8. The van der Waals surface area contributed by atoms with Crippen molar-refractivity contribution in [2.75, 3.05) is 24.2 Å². The lowest BCUT2D eigenvalue weighted by molar-refractivity contribution is 0.0720. The quantitative estimate of drug-likeness (QED) is 0.518. The molecule has 4 heterocycles. The zero-order chi connectivity index (χ0) is 22.1. The molecule has 0 radical (unpaired) electrons. The minimum atomic E-state index is -3.42. The Morgan fingerprint density at radius 3 is 2.81 bits per heavy atom. The minimum absolute atomic E-state index is 0.131. The maximum atomic E-state index is 12.3. The number of anilines is 2. The highest BCUT2D eigenvalue weighted by atomic mass is 32.2. The summed E-state index contributed by atoms with van der Waals surface area (Å²) < 4.78 is 29.2. The summed E-state index contributed by atoms with van der Waals surface area (Å²) in [5.74, 6) is 0.281. The van der Waals surface area contributed by atoms with Gasteiger partial charge in [0, 0.05) is 44.3 Å². The Bertz CT molecular complexity index is 1250. The molecule has 0 aliphatic carbocycles. The third-order valence-electron chi connectivity index (χ3n) is 5.05. The summed E-state index contributed by atoms with van der Waals surface area (Å²) >= 11 is 0. The molecular formula is C19H21N9O2S. The first kappa shape index (κ1) is 20.7. The molecule has 0 aromatic carbocycles. The van der Waals surface area contributed by atoms with Crippen LogP contribution in [-0.4, -0.2) is 61.1 Å². The van der Waals surface area contributed by atoms with E-state index in [0.717, 1.165) is 11.3 Å². The standard InChI is InChI=1S/C19H21N9O2S/c1-3-8-31(29,30)27-13-19(14-27,5-6-20)28-11-15(9-23-28)17-4-7-21-18(25-17)24-16-10-22-26(2)12-16/h3-4,7,9-12H,1,5,8,13-14H2,2H3,(H,21,24,25). The van der Waals surface area contributed by atoms with E-state index in [1.807, 2.05) is 13.2 Å². The highest BCUT2D eigenvalue weighted by Gasteiger charge is 2.49. The van der Waals surface area contributed by atoms with Crippen LogP contribution in [0.25, 0.3) is 11.3 Å². The molecule has 1 N–H and O–H groups in total. The molecule has 12 heteroatoms. The van der Waals surface area contributed by atoms with Gasteiger partial charge in [0.15, 0.2) is 0 Å². The van der Waals surface area contributed by atoms with E-state index in [2.05, 4.69) is 38.1 Å².